The van der Waals surface area contributed by atoms with E-state index in [-0.39, 0.29) is 5.92 Å². The summed E-state index contributed by atoms with van der Waals surface area (Å²) in [7, 11) is 0. The first-order valence-corrected chi connectivity index (χ1v) is 7.91. The lowest BCUT2D eigenvalue weighted by Gasteiger charge is -2.22. The maximum atomic E-state index is 12.2. The molecule has 0 spiro atoms. The zero-order valence-electron chi connectivity index (χ0n) is 12.2. The summed E-state index contributed by atoms with van der Waals surface area (Å²) in [5.74, 6) is 1.18. The lowest BCUT2D eigenvalue weighted by molar-refractivity contribution is -0.125. The zero-order valence-corrected chi connectivity index (χ0v) is 12.2. The molecule has 108 valence electrons. The quantitative estimate of drug-likeness (QED) is 0.796. The Labute approximate surface area is 116 Å². The fourth-order valence-corrected chi connectivity index (χ4v) is 3.99. The number of hydrogen-bond donors (Lipinski definition) is 2. The van der Waals surface area contributed by atoms with Crippen LogP contribution >= 0.6 is 0 Å². The van der Waals surface area contributed by atoms with Gasteiger partial charge in [-0.2, -0.15) is 0 Å². The molecule has 0 radical (unpaired) electrons. The molecular formula is C15H27N3O. The van der Waals surface area contributed by atoms with Gasteiger partial charge in [0.1, 0.15) is 0 Å². The molecule has 0 aromatic carbocycles. The summed E-state index contributed by atoms with van der Waals surface area (Å²) in [4.78, 5) is 14.8. The van der Waals surface area contributed by atoms with E-state index in [1.165, 1.54) is 25.8 Å². The number of amides is 1. The van der Waals surface area contributed by atoms with Crippen LogP contribution in [0.5, 0.6) is 0 Å². The molecule has 0 aromatic rings. The van der Waals surface area contributed by atoms with E-state index < -0.39 is 0 Å². The molecule has 0 saturated carbocycles. The molecular weight excluding hydrogens is 238 g/mol. The second-order valence-corrected chi connectivity index (χ2v) is 6.88. The third-order valence-electron chi connectivity index (χ3n) is 5.25. The first kappa shape index (κ1) is 13.4. The molecule has 3 fully saturated rings. The van der Waals surface area contributed by atoms with Gasteiger partial charge in [-0.05, 0) is 52.0 Å². The van der Waals surface area contributed by atoms with Crippen molar-refractivity contribution in [3.05, 3.63) is 0 Å². The molecule has 19 heavy (non-hydrogen) atoms. The SMILES string of the molecule is CC(C)N1CCC(CNC(=O)C2CC3CCC2N3)C1. The average Bonchev–Trinajstić information content (AvgIpc) is 3.11. The summed E-state index contributed by atoms with van der Waals surface area (Å²) in [6.07, 6.45) is 4.74. The number of nitrogens with one attached hydrogen (secondary N) is 2. The third kappa shape index (κ3) is 2.79. The molecule has 4 unspecified atom stereocenters. The maximum Gasteiger partial charge on any atom is 0.224 e. The monoisotopic (exact) mass is 265 g/mol. The Kier molecular flexibility index (Phi) is 3.81. The topological polar surface area (TPSA) is 44.4 Å². The molecule has 1 amide bonds. The van der Waals surface area contributed by atoms with Gasteiger partial charge in [-0.25, -0.2) is 0 Å². The van der Waals surface area contributed by atoms with Crippen LogP contribution in [0.2, 0.25) is 0 Å². The van der Waals surface area contributed by atoms with Crippen LogP contribution in [0.4, 0.5) is 0 Å². The molecule has 4 nitrogen and oxygen atoms in total. The minimum Gasteiger partial charge on any atom is -0.355 e. The second kappa shape index (κ2) is 5.41. The number of carbonyl (C=O) groups is 1. The average molecular weight is 265 g/mol. The highest BCUT2D eigenvalue weighted by molar-refractivity contribution is 5.80. The smallest absolute Gasteiger partial charge is 0.224 e. The lowest BCUT2D eigenvalue weighted by Crippen LogP contribution is -2.40. The van der Waals surface area contributed by atoms with Gasteiger partial charge in [0.25, 0.3) is 0 Å². The summed E-state index contributed by atoms with van der Waals surface area (Å²) >= 11 is 0. The Bertz CT molecular complexity index is 344. The van der Waals surface area contributed by atoms with Gasteiger partial charge < -0.3 is 15.5 Å². The summed E-state index contributed by atoms with van der Waals surface area (Å²) in [5, 5.41) is 6.74. The van der Waals surface area contributed by atoms with E-state index in [4.69, 9.17) is 0 Å². The highest BCUT2D eigenvalue weighted by atomic mass is 16.1. The third-order valence-corrected chi connectivity index (χ3v) is 5.25. The molecule has 3 saturated heterocycles. The molecule has 4 heteroatoms. The lowest BCUT2D eigenvalue weighted by atomic mass is 9.88. The molecule has 3 heterocycles. The van der Waals surface area contributed by atoms with Crippen molar-refractivity contribution in [2.24, 2.45) is 11.8 Å². The van der Waals surface area contributed by atoms with Crippen LogP contribution in [0.25, 0.3) is 0 Å². The van der Waals surface area contributed by atoms with Crippen LogP contribution in [0, 0.1) is 11.8 Å². The van der Waals surface area contributed by atoms with Gasteiger partial charge in [0.2, 0.25) is 5.91 Å². The van der Waals surface area contributed by atoms with Crippen LogP contribution in [0.3, 0.4) is 0 Å². The number of fused-ring (bicyclic) bond motifs is 2. The van der Waals surface area contributed by atoms with Crippen molar-refractivity contribution in [1.82, 2.24) is 15.5 Å². The molecule has 2 N–H and O–H groups in total. The normalized spacial score (nSPS) is 38.3. The van der Waals surface area contributed by atoms with Crippen LogP contribution in [-0.2, 0) is 4.79 Å². The molecule has 0 aromatic heterocycles. The van der Waals surface area contributed by atoms with Crippen molar-refractivity contribution in [3.63, 3.8) is 0 Å². The fourth-order valence-electron chi connectivity index (χ4n) is 3.99. The van der Waals surface area contributed by atoms with E-state index in [1.807, 2.05) is 0 Å². The Hall–Kier alpha value is -0.610. The number of carbonyl (C=O) groups excluding carboxylic acids is 1. The zero-order chi connectivity index (χ0) is 13.4. The van der Waals surface area contributed by atoms with E-state index in [9.17, 15) is 4.79 Å². The standard InChI is InChI=1S/C15H27N3O/c1-10(2)18-6-5-11(9-18)8-16-15(19)13-7-12-3-4-14(13)17-12/h10-14,17H,3-9H2,1-2H3,(H,16,19). The van der Waals surface area contributed by atoms with E-state index in [2.05, 4.69) is 29.4 Å². The molecule has 3 rings (SSSR count). The van der Waals surface area contributed by atoms with Gasteiger partial charge in [-0.3, -0.25) is 4.79 Å². The first-order valence-electron chi connectivity index (χ1n) is 7.91. The molecule has 2 bridgehead atoms. The van der Waals surface area contributed by atoms with Crippen molar-refractivity contribution < 1.29 is 4.79 Å². The van der Waals surface area contributed by atoms with Gasteiger partial charge in [0.15, 0.2) is 0 Å². The summed E-state index contributed by atoms with van der Waals surface area (Å²) in [6, 6.07) is 1.71. The largest absolute Gasteiger partial charge is 0.355 e. The maximum absolute atomic E-state index is 12.2. The number of nitrogens with zero attached hydrogens (tertiary/aromatic N) is 1. The van der Waals surface area contributed by atoms with E-state index in [0.29, 0.717) is 30.0 Å². The minimum absolute atomic E-state index is 0.237. The summed E-state index contributed by atoms with van der Waals surface area (Å²) < 4.78 is 0. The highest BCUT2D eigenvalue weighted by Crippen LogP contribution is 2.33. The first-order chi connectivity index (χ1) is 9.13. The number of rotatable bonds is 4. The molecule has 3 aliphatic heterocycles. The van der Waals surface area contributed by atoms with E-state index in [1.54, 1.807) is 0 Å². The van der Waals surface area contributed by atoms with Crippen LogP contribution in [0.1, 0.15) is 39.5 Å². The van der Waals surface area contributed by atoms with Gasteiger partial charge in [-0.15, -0.1) is 0 Å². The fraction of sp³-hybridized carbons (Fsp3) is 0.933. The van der Waals surface area contributed by atoms with Crippen LogP contribution in [-0.4, -0.2) is 48.6 Å². The second-order valence-electron chi connectivity index (χ2n) is 6.88. The van der Waals surface area contributed by atoms with Gasteiger partial charge >= 0.3 is 0 Å². The van der Waals surface area contributed by atoms with Crippen LogP contribution in [0.15, 0.2) is 0 Å². The van der Waals surface area contributed by atoms with Crippen molar-refractivity contribution >= 4 is 5.91 Å². The Morgan fingerprint density at radius 2 is 2.21 bits per heavy atom. The predicted octanol–water partition coefficient (Wildman–Crippen LogP) is 0.973. The molecule has 4 atom stereocenters. The van der Waals surface area contributed by atoms with Crippen molar-refractivity contribution in [1.29, 1.82) is 0 Å². The van der Waals surface area contributed by atoms with Gasteiger partial charge in [-0.1, -0.05) is 0 Å². The van der Waals surface area contributed by atoms with Gasteiger partial charge in [0.05, 0.1) is 5.92 Å². The van der Waals surface area contributed by atoms with Gasteiger partial charge in [0, 0.05) is 31.2 Å². The van der Waals surface area contributed by atoms with E-state index in [0.717, 1.165) is 19.5 Å². The van der Waals surface area contributed by atoms with Crippen LogP contribution < -0.4 is 10.6 Å². The predicted molar refractivity (Wildman–Crippen MR) is 75.9 cm³/mol. The molecule has 3 aliphatic rings. The number of hydrogen-bond acceptors (Lipinski definition) is 3. The summed E-state index contributed by atoms with van der Waals surface area (Å²) in [6.45, 7) is 7.71. The van der Waals surface area contributed by atoms with Crippen molar-refractivity contribution in [2.45, 2.75) is 57.7 Å². The Balaban J connectivity index is 1.42. The van der Waals surface area contributed by atoms with Crippen molar-refractivity contribution in [2.75, 3.05) is 19.6 Å². The Morgan fingerprint density at radius 3 is 2.79 bits per heavy atom. The Morgan fingerprint density at radius 1 is 1.37 bits per heavy atom. The molecule has 0 aliphatic carbocycles. The number of likely N-dealkylation sites (tertiary alicyclic amines) is 1. The van der Waals surface area contributed by atoms with Crippen molar-refractivity contribution in [3.8, 4) is 0 Å². The van der Waals surface area contributed by atoms with E-state index >= 15 is 0 Å². The minimum atomic E-state index is 0.237. The highest BCUT2D eigenvalue weighted by Gasteiger charge is 2.42. The summed E-state index contributed by atoms with van der Waals surface area (Å²) in [5.41, 5.74) is 0.